The van der Waals surface area contributed by atoms with E-state index in [1.54, 1.807) is 17.7 Å². The second-order valence-electron chi connectivity index (χ2n) is 9.63. The van der Waals surface area contributed by atoms with Crippen LogP contribution in [0.5, 0.6) is 0 Å². The van der Waals surface area contributed by atoms with Crippen molar-refractivity contribution in [2.75, 3.05) is 18.0 Å². The normalized spacial score (nSPS) is 24.2. The lowest BCUT2D eigenvalue weighted by Crippen LogP contribution is -2.64. The highest BCUT2D eigenvalue weighted by atomic mass is 16.5. The van der Waals surface area contributed by atoms with Crippen LogP contribution in [0, 0.1) is 5.41 Å². The van der Waals surface area contributed by atoms with E-state index in [0.717, 1.165) is 42.9 Å². The minimum Gasteiger partial charge on any atom is -0.364 e. The molecule has 1 amide bonds. The van der Waals surface area contributed by atoms with Crippen LogP contribution in [0.15, 0.2) is 33.8 Å². The molecule has 3 aromatic rings. The first-order valence-corrected chi connectivity index (χ1v) is 11.0. The fourth-order valence-corrected chi connectivity index (χ4v) is 5.16. The number of imidazole rings is 1. The number of carbonyl (C=O) groups excluding carboxylic acids is 1. The topological polar surface area (TPSA) is 89.4 Å². The molecule has 9 nitrogen and oxygen atoms in total. The summed E-state index contributed by atoms with van der Waals surface area (Å²) in [5.74, 6) is 0.806. The third kappa shape index (κ3) is 2.90. The number of hydrogen-bond acceptors (Lipinski definition) is 6. The van der Waals surface area contributed by atoms with Gasteiger partial charge in [-0.2, -0.15) is 0 Å². The van der Waals surface area contributed by atoms with Crippen LogP contribution in [0.25, 0.3) is 11.2 Å². The van der Waals surface area contributed by atoms with E-state index in [1.165, 1.54) is 19.1 Å². The predicted octanol–water partition coefficient (Wildman–Crippen LogP) is 2.02. The van der Waals surface area contributed by atoms with Gasteiger partial charge >= 0.3 is 5.69 Å². The Kier molecular flexibility index (Phi) is 3.88. The summed E-state index contributed by atoms with van der Waals surface area (Å²) in [6.07, 6.45) is 5.76. The van der Waals surface area contributed by atoms with Crippen molar-refractivity contribution in [3.05, 3.63) is 40.6 Å². The highest BCUT2D eigenvalue weighted by Crippen LogP contribution is 2.46. The quantitative estimate of drug-likeness (QED) is 0.639. The lowest BCUT2D eigenvalue weighted by atomic mass is 9.90. The van der Waals surface area contributed by atoms with E-state index in [9.17, 15) is 9.59 Å². The summed E-state index contributed by atoms with van der Waals surface area (Å²) in [6.45, 7) is 4.36. The maximum atomic E-state index is 12.9. The number of piperidine rings is 2. The zero-order valence-electron chi connectivity index (χ0n) is 17.8. The molecule has 2 bridgehead atoms. The Morgan fingerprint density at radius 1 is 1.19 bits per heavy atom. The number of fused-ring (bicyclic) bond motifs is 4. The second-order valence-corrected chi connectivity index (χ2v) is 9.63. The van der Waals surface area contributed by atoms with Gasteiger partial charge in [0.2, 0.25) is 0 Å². The Morgan fingerprint density at radius 3 is 2.68 bits per heavy atom. The highest BCUT2D eigenvalue weighted by Gasteiger charge is 2.42. The maximum absolute atomic E-state index is 12.9. The van der Waals surface area contributed by atoms with Crippen molar-refractivity contribution in [3.63, 3.8) is 0 Å². The number of amides is 1. The van der Waals surface area contributed by atoms with Crippen molar-refractivity contribution in [1.82, 2.24) is 24.2 Å². The maximum Gasteiger partial charge on any atom is 0.330 e. The summed E-state index contributed by atoms with van der Waals surface area (Å²) in [4.78, 5) is 34.8. The van der Waals surface area contributed by atoms with Crippen LogP contribution in [-0.2, 0) is 13.6 Å². The summed E-state index contributed by atoms with van der Waals surface area (Å²) in [7, 11) is 1.80. The lowest BCUT2D eigenvalue weighted by Gasteiger charge is -2.51. The van der Waals surface area contributed by atoms with Gasteiger partial charge in [0.05, 0.1) is 5.52 Å². The summed E-state index contributed by atoms with van der Waals surface area (Å²) in [5, 5.41) is 3.81. The third-order valence-corrected chi connectivity index (χ3v) is 7.35. The van der Waals surface area contributed by atoms with Crippen LogP contribution in [0.3, 0.4) is 0 Å². The minimum atomic E-state index is -0.0699. The molecule has 2 atom stereocenters. The van der Waals surface area contributed by atoms with Gasteiger partial charge in [0, 0.05) is 44.8 Å². The average molecular weight is 422 g/mol. The second kappa shape index (κ2) is 6.45. The van der Waals surface area contributed by atoms with Crippen molar-refractivity contribution in [3.8, 4) is 0 Å². The number of aromatic nitrogens is 4. The lowest BCUT2D eigenvalue weighted by molar-refractivity contribution is 0.0494. The predicted molar refractivity (Wildman–Crippen MR) is 114 cm³/mol. The van der Waals surface area contributed by atoms with Gasteiger partial charge in [-0.25, -0.2) is 9.78 Å². The van der Waals surface area contributed by atoms with E-state index in [2.05, 4.69) is 17.0 Å². The van der Waals surface area contributed by atoms with Crippen LogP contribution in [0.1, 0.15) is 43.1 Å². The van der Waals surface area contributed by atoms with E-state index in [4.69, 9.17) is 9.51 Å². The molecule has 1 saturated carbocycles. The standard InChI is InChI=1S/C22H26N6O3/c1-22(8-9-22)13-28-17-5-6-18(23-19(17)25(2)21(28)30)26-11-15-4-3-14(26)12-27(15)20(29)16-7-10-31-24-16/h5-7,10,14-15H,3-4,8-9,11-13H2,1-2H3. The molecule has 0 aromatic carbocycles. The molecule has 31 heavy (non-hydrogen) atoms. The van der Waals surface area contributed by atoms with Gasteiger partial charge in [0.1, 0.15) is 12.1 Å². The number of aryl methyl sites for hydroxylation is 1. The van der Waals surface area contributed by atoms with Gasteiger partial charge in [0.15, 0.2) is 11.3 Å². The van der Waals surface area contributed by atoms with Crippen LogP contribution in [0.4, 0.5) is 5.82 Å². The molecule has 7 rings (SSSR count). The summed E-state index contributed by atoms with van der Waals surface area (Å²) in [5.41, 5.74) is 2.22. The Bertz CT molecular complexity index is 1220. The molecule has 3 aromatic heterocycles. The zero-order valence-corrected chi connectivity index (χ0v) is 17.8. The Labute approximate surface area is 179 Å². The molecular formula is C22H26N6O3. The number of carbonyl (C=O) groups is 1. The molecule has 0 spiro atoms. The average Bonchev–Trinajstić information content (AvgIpc) is 3.20. The first-order chi connectivity index (χ1) is 14.9. The number of pyridine rings is 1. The van der Waals surface area contributed by atoms with Gasteiger partial charge in [-0.15, -0.1) is 0 Å². The zero-order chi connectivity index (χ0) is 21.3. The molecule has 4 fully saturated rings. The first-order valence-electron chi connectivity index (χ1n) is 11.0. The van der Waals surface area contributed by atoms with Gasteiger partial charge in [-0.3, -0.25) is 13.9 Å². The molecule has 3 aliphatic heterocycles. The van der Waals surface area contributed by atoms with Gasteiger partial charge in [0.25, 0.3) is 5.91 Å². The number of rotatable bonds is 4. The Hall–Kier alpha value is -3.10. The molecule has 2 unspecified atom stereocenters. The van der Waals surface area contributed by atoms with Gasteiger partial charge in [-0.1, -0.05) is 12.1 Å². The molecule has 162 valence electrons. The fourth-order valence-electron chi connectivity index (χ4n) is 5.16. The van der Waals surface area contributed by atoms with Gasteiger partial charge < -0.3 is 14.3 Å². The molecule has 1 aliphatic carbocycles. The minimum absolute atomic E-state index is 0.00248. The molecule has 6 heterocycles. The number of nitrogens with zero attached hydrogens (tertiary/aromatic N) is 6. The van der Waals surface area contributed by atoms with Crippen molar-refractivity contribution in [1.29, 1.82) is 0 Å². The summed E-state index contributed by atoms with van der Waals surface area (Å²) < 4.78 is 8.38. The van der Waals surface area contributed by atoms with E-state index in [0.29, 0.717) is 12.2 Å². The smallest absolute Gasteiger partial charge is 0.330 e. The largest absolute Gasteiger partial charge is 0.364 e. The molecule has 0 radical (unpaired) electrons. The number of hydrogen-bond donors (Lipinski definition) is 0. The van der Waals surface area contributed by atoms with Crippen molar-refractivity contribution < 1.29 is 9.32 Å². The van der Waals surface area contributed by atoms with E-state index in [-0.39, 0.29) is 29.1 Å². The van der Waals surface area contributed by atoms with Crippen LogP contribution < -0.4 is 10.6 Å². The summed E-state index contributed by atoms with van der Waals surface area (Å²) >= 11 is 0. The van der Waals surface area contributed by atoms with E-state index < -0.39 is 0 Å². The van der Waals surface area contributed by atoms with E-state index >= 15 is 0 Å². The first kappa shape index (κ1) is 18.7. The fraction of sp³-hybridized carbons (Fsp3) is 0.545. The number of anilines is 1. The van der Waals surface area contributed by atoms with Crippen molar-refractivity contribution in [2.24, 2.45) is 12.5 Å². The third-order valence-electron chi connectivity index (χ3n) is 7.35. The number of piperazine rings is 1. The van der Waals surface area contributed by atoms with Crippen molar-refractivity contribution >= 4 is 22.9 Å². The molecule has 0 N–H and O–H groups in total. The van der Waals surface area contributed by atoms with E-state index in [1.807, 2.05) is 21.6 Å². The van der Waals surface area contributed by atoms with Crippen LogP contribution in [-0.4, -0.2) is 55.3 Å². The molecular weight excluding hydrogens is 396 g/mol. The monoisotopic (exact) mass is 422 g/mol. The van der Waals surface area contributed by atoms with Crippen LogP contribution in [0.2, 0.25) is 0 Å². The van der Waals surface area contributed by atoms with Gasteiger partial charge in [-0.05, 0) is 43.2 Å². The SMILES string of the molecule is Cn1c(=O)n(CC2(C)CC2)c2ccc(N3CC4CCC3CN4C(=O)c3ccon3)nc21. The molecule has 3 saturated heterocycles. The molecule has 9 heteroatoms. The Balaban J connectivity index is 1.29. The van der Waals surface area contributed by atoms with Crippen LogP contribution >= 0.6 is 0 Å². The summed E-state index contributed by atoms with van der Waals surface area (Å²) in [6, 6.07) is 6.00. The Morgan fingerprint density at radius 2 is 2.00 bits per heavy atom. The molecule has 4 aliphatic rings. The highest BCUT2D eigenvalue weighted by molar-refractivity contribution is 5.92. The van der Waals surface area contributed by atoms with Crippen molar-refractivity contribution in [2.45, 2.75) is 51.2 Å².